The Morgan fingerprint density at radius 2 is 1.85 bits per heavy atom. The summed E-state index contributed by atoms with van der Waals surface area (Å²) in [5, 5.41) is 2.26. The van der Waals surface area contributed by atoms with Crippen LogP contribution in [0, 0.1) is 5.92 Å². The van der Waals surface area contributed by atoms with E-state index in [0.29, 0.717) is 12.8 Å². The van der Waals surface area contributed by atoms with Crippen LogP contribution in [-0.2, 0) is 16.0 Å². The van der Waals surface area contributed by atoms with Crippen molar-refractivity contribution in [3.8, 4) is 0 Å². The Morgan fingerprint density at radius 3 is 2.70 bits per heavy atom. The molecule has 0 saturated heterocycles. The number of ketones is 2. The molecule has 0 aliphatic heterocycles. The molecule has 0 heterocycles. The van der Waals surface area contributed by atoms with E-state index in [9.17, 15) is 9.59 Å². The second-order valence-corrected chi connectivity index (χ2v) is 5.55. The van der Waals surface area contributed by atoms with Crippen LogP contribution < -0.4 is 0 Å². The Labute approximate surface area is 118 Å². The van der Waals surface area contributed by atoms with E-state index in [1.165, 1.54) is 0 Å². The Morgan fingerprint density at radius 1 is 1.05 bits per heavy atom. The van der Waals surface area contributed by atoms with E-state index in [-0.39, 0.29) is 17.5 Å². The van der Waals surface area contributed by atoms with Crippen LogP contribution in [0.25, 0.3) is 10.8 Å². The van der Waals surface area contributed by atoms with Gasteiger partial charge < -0.3 is 0 Å². The summed E-state index contributed by atoms with van der Waals surface area (Å²) in [7, 11) is 0. The number of fused-ring (bicyclic) bond motifs is 1. The lowest BCUT2D eigenvalue weighted by Gasteiger charge is -2.19. The first-order chi connectivity index (χ1) is 9.75. The van der Waals surface area contributed by atoms with Crippen molar-refractivity contribution in [3.05, 3.63) is 48.0 Å². The first-order valence-electron chi connectivity index (χ1n) is 7.28. The van der Waals surface area contributed by atoms with Crippen LogP contribution in [0.4, 0.5) is 0 Å². The van der Waals surface area contributed by atoms with Gasteiger partial charge in [-0.15, -0.1) is 0 Å². The van der Waals surface area contributed by atoms with Crippen molar-refractivity contribution < 1.29 is 9.59 Å². The molecule has 1 aliphatic carbocycles. The second kappa shape index (κ2) is 5.58. The van der Waals surface area contributed by atoms with Gasteiger partial charge in [0, 0.05) is 12.8 Å². The molecule has 1 fully saturated rings. The maximum atomic E-state index is 12.4. The topological polar surface area (TPSA) is 34.1 Å². The van der Waals surface area contributed by atoms with Gasteiger partial charge in [0.2, 0.25) is 0 Å². The summed E-state index contributed by atoms with van der Waals surface area (Å²) in [4.78, 5) is 24.3. The minimum atomic E-state index is -0.359. The van der Waals surface area contributed by atoms with E-state index in [1.807, 2.05) is 30.3 Å². The van der Waals surface area contributed by atoms with Gasteiger partial charge >= 0.3 is 0 Å². The van der Waals surface area contributed by atoms with Crippen LogP contribution in [0.3, 0.4) is 0 Å². The monoisotopic (exact) mass is 266 g/mol. The highest BCUT2D eigenvalue weighted by Gasteiger charge is 2.28. The molecule has 0 N–H and O–H groups in total. The third kappa shape index (κ3) is 2.51. The Bertz CT molecular complexity index is 652. The predicted octanol–water partition coefficient (Wildman–Crippen LogP) is 3.71. The molecule has 102 valence electrons. The molecule has 1 atom stereocenters. The molecule has 0 amide bonds. The molecule has 0 bridgehead atoms. The summed E-state index contributed by atoms with van der Waals surface area (Å²) in [5.74, 6) is -0.129. The number of carbonyl (C=O) groups is 2. The molecular weight excluding hydrogens is 248 g/mol. The number of Topliss-reactive ketones (excluding diaryl/α,β-unsaturated/α-hetero) is 2. The van der Waals surface area contributed by atoms with Gasteiger partial charge in [0.15, 0.2) is 0 Å². The van der Waals surface area contributed by atoms with Gasteiger partial charge in [-0.1, -0.05) is 48.9 Å². The van der Waals surface area contributed by atoms with E-state index in [0.717, 1.165) is 35.6 Å². The highest BCUT2D eigenvalue weighted by atomic mass is 16.1. The number of hydrogen-bond donors (Lipinski definition) is 0. The average molecular weight is 266 g/mol. The predicted molar refractivity (Wildman–Crippen MR) is 79.6 cm³/mol. The summed E-state index contributed by atoms with van der Waals surface area (Å²) in [6.07, 6.45) is 3.63. The molecule has 0 aromatic heterocycles. The minimum absolute atomic E-state index is 0.0889. The highest BCUT2D eigenvalue weighted by molar-refractivity contribution is 6.04. The first kappa shape index (κ1) is 13.0. The molecule has 0 spiro atoms. The second-order valence-electron chi connectivity index (χ2n) is 5.55. The summed E-state index contributed by atoms with van der Waals surface area (Å²) < 4.78 is 0. The van der Waals surface area contributed by atoms with E-state index in [2.05, 4.69) is 12.1 Å². The molecule has 1 aliphatic rings. The van der Waals surface area contributed by atoms with Gasteiger partial charge in [0.25, 0.3) is 0 Å². The molecular formula is C18H18O2. The lowest BCUT2D eigenvalue weighted by Crippen LogP contribution is -2.28. The van der Waals surface area contributed by atoms with Gasteiger partial charge in [-0.3, -0.25) is 9.59 Å². The van der Waals surface area contributed by atoms with Gasteiger partial charge in [-0.05, 0) is 29.2 Å². The fourth-order valence-corrected chi connectivity index (χ4v) is 3.08. The van der Waals surface area contributed by atoms with E-state index >= 15 is 0 Å². The highest BCUT2D eigenvalue weighted by Crippen LogP contribution is 2.25. The molecule has 2 aromatic rings. The van der Waals surface area contributed by atoms with E-state index in [1.54, 1.807) is 0 Å². The number of carbonyl (C=O) groups excluding carboxylic acids is 2. The van der Waals surface area contributed by atoms with Crippen LogP contribution in [0.15, 0.2) is 42.5 Å². The first-order valence-corrected chi connectivity index (χ1v) is 7.28. The van der Waals surface area contributed by atoms with Crippen LogP contribution in [-0.4, -0.2) is 11.6 Å². The average Bonchev–Trinajstić information content (AvgIpc) is 2.48. The molecule has 2 aromatic carbocycles. The molecule has 1 saturated carbocycles. The van der Waals surface area contributed by atoms with Crippen molar-refractivity contribution in [3.63, 3.8) is 0 Å². The van der Waals surface area contributed by atoms with Crippen molar-refractivity contribution in [1.29, 1.82) is 0 Å². The number of rotatable bonds is 3. The van der Waals surface area contributed by atoms with Crippen LogP contribution in [0.1, 0.15) is 31.2 Å². The van der Waals surface area contributed by atoms with Crippen molar-refractivity contribution in [2.24, 2.45) is 5.92 Å². The zero-order valence-electron chi connectivity index (χ0n) is 11.5. The van der Waals surface area contributed by atoms with Crippen LogP contribution in [0.2, 0.25) is 0 Å². The zero-order chi connectivity index (χ0) is 13.9. The third-order valence-electron chi connectivity index (χ3n) is 4.19. The fraction of sp³-hybridized carbons (Fsp3) is 0.333. The molecule has 2 heteroatoms. The summed E-state index contributed by atoms with van der Waals surface area (Å²) in [5.41, 5.74) is 1.03. The molecule has 0 radical (unpaired) electrons. The minimum Gasteiger partial charge on any atom is -0.299 e. The summed E-state index contributed by atoms with van der Waals surface area (Å²) in [6.45, 7) is 0. The van der Waals surface area contributed by atoms with Crippen molar-refractivity contribution in [2.75, 3.05) is 0 Å². The lowest BCUT2D eigenvalue weighted by atomic mass is 9.82. The molecule has 20 heavy (non-hydrogen) atoms. The number of benzene rings is 2. The van der Waals surface area contributed by atoms with Crippen molar-refractivity contribution in [2.45, 2.75) is 32.1 Å². The summed E-state index contributed by atoms with van der Waals surface area (Å²) in [6, 6.07) is 14.1. The van der Waals surface area contributed by atoms with Crippen molar-refractivity contribution >= 4 is 22.3 Å². The van der Waals surface area contributed by atoms with Crippen molar-refractivity contribution in [1.82, 2.24) is 0 Å². The Balaban J connectivity index is 1.86. The SMILES string of the molecule is O=C1CCCCC1C(=O)Cc1cccc2ccccc12. The van der Waals surface area contributed by atoms with Gasteiger partial charge in [0.1, 0.15) is 11.6 Å². The standard InChI is InChI=1S/C18H18O2/c19-17-11-4-3-10-16(17)18(20)12-14-8-5-7-13-6-1-2-9-15(13)14/h1-2,5-9,16H,3-4,10-12H2. The van der Waals surface area contributed by atoms with Gasteiger partial charge in [-0.25, -0.2) is 0 Å². The van der Waals surface area contributed by atoms with E-state index in [4.69, 9.17) is 0 Å². The smallest absolute Gasteiger partial charge is 0.147 e. The van der Waals surface area contributed by atoms with Gasteiger partial charge in [0.05, 0.1) is 5.92 Å². The third-order valence-corrected chi connectivity index (χ3v) is 4.19. The Hall–Kier alpha value is -1.96. The molecule has 1 unspecified atom stereocenters. The lowest BCUT2D eigenvalue weighted by molar-refractivity contribution is -0.134. The Kier molecular flexibility index (Phi) is 3.64. The normalized spacial score (nSPS) is 19.2. The number of hydrogen-bond acceptors (Lipinski definition) is 2. The zero-order valence-corrected chi connectivity index (χ0v) is 11.5. The van der Waals surface area contributed by atoms with E-state index < -0.39 is 0 Å². The van der Waals surface area contributed by atoms with Crippen LogP contribution in [0.5, 0.6) is 0 Å². The van der Waals surface area contributed by atoms with Crippen LogP contribution >= 0.6 is 0 Å². The molecule has 2 nitrogen and oxygen atoms in total. The quantitative estimate of drug-likeness (QED) is 0.794. The maximum Gasteiger partial charge on any atom is 0.147 e. The molecule has 3 rings (SSSR count). The fourth-order valence-electron chi connectivity index (χ4n) is 3.08. The maximum absolute atomic E-state index is 12.4. The largest absolute Gasteiger partial charge is 0.299 e. The summed E-state index contributed by atoms with van der Waals surface area (Å²) >= 11 is 0. The van der Waals surface area contributed by atoms with Gasteiger partial charge in [-0.2, -0.15) is 0 Å².